The highest BCUT2D eigenvalue weighted by molar-refractivity contribution is 5.42. The minimum Gasteiger partial charge on any atom is -0.372 e. The van der Waals surface area contributed by atoms with Crippen molar-refractivity contribution in [2.24, 2.45) is 28.9 Å². The van der Waals surface area contributed by atoms with Crippen molar-refractivity contribution in [2.75, 3.05) is 0 Å². The van der Waals surface area contributed by atoms with Gasteiger partial charge in [-0.05, 0) is 59.8 Å². The molecule has 4 atom stereocenters. The highest BCUT2D eigenvalue weighted by Crippen LogP contribution is 2.59. The van der Waals surface area contributed by atoms with Gasteiger partial charge in [-0.1, -0.05) is 65.0 Å². The molecule has 2 nitrogen and oxygen atoms in total. The molecule has 1 aromatic rings. The third-order valence-electron chi connectivity index (χ3n) is 6.43. The molecule has 4 unspecified atom stereocenters. The van der Waals surface area contributed by atoms with Gasteiger partial charge in [0, 0.05) is 6.42 Å². The first kappa shape index (κ1) is 24.5. The normalized spacial score (nSPS) is 30.8. The van der Waals surface area contributed by atoms with E-state index in [9.17, 15) is 13.2 Å². The Morgan fingerprint density at radius 3 is 2.07 bits per heavy atom. The third kappa shape index (κ3) is 6.82. The molecule has 1 aromatic carbocycles. The molecule has 2 aliphatic carbocycles. The van der Waals surface area contributed by atoms with Gasteiger partial charge in [-0.3, -0.25) is 4.79 Å². The van der Waals surface area contributed by atoms with E-state index in [4.69, 9.17) is 4.79 Å². The van der Waals surface area contributed by atoms with Gasteiger partial charge >= 0.3 is 6.18 Å². The van der Waals surface area contributed by atoms with Crippen molar-refractivity contribution in [3.63, 3.8) is 0 Å². The van der Waals surface area contributed by atoms with Gasteiger partial charge in [-0.25, -0.2) is 0 Å². The number of benzene rings is 1. The first-order valence-corrected chi connectivity index (χ1v) is 10.2. The lowest BCUT2D eigenvalue weighted by molar-refractivity contribution is -0.130. The monoisotopic (exact) mass is 399 g/mol. The number of primary amides is 1. The summed E-state index contributed by atoms with van der Waals surface area (Å²) in [4.78, 5) is 8.58. The molecule has 0 radical (unpaired) electrons. The first-order chi connectivity index (χ1) is 12.9. The van der Waals surface area contributed by atoms with Crippen LogP contribution in [0.3, 0.4) is 0 Å². The molecule has 0 spiro atoms. The Morgan fingerprint density at radius 2 is 1.61 bits per heavy atom. The quantitative estimate of drug-likeness (QED) is 0.539. The number of alkyl halides is 3. The average Bonchev–Trinajstić information content (AvgIpc) is 2.60. The van der Waals surface area contributed by atoms with E-state index in [0.717, 1.165) is 24.7 Å². The second kappa shape index (κ2) is 9.80. The number of amides is 1. The molecular weight excluding hydrogens is 363 g/mol. The van der Waals surface area contributed by atoms with Crippen molar-refractivity contribution in [3.8, 4) is 0 Å². The molecule has 0 aliphatic heterocycles. The van der Waals surface area contributed by atoms with E-state index in [1.807, 2.05) is 0 Å². The van der Waals surface area contributed by atoms with E-state index in [-0.39, 0.29) is 6.41 Å². The van der Waals surface area contributed by atoms with Gasteiger partial charge in [0.15, 0.2) is 0 Å². The Balaban J connectivity index is 0.000000370. The highest BCUT2D eigenvalue weighted by atomic mass is 19.4. The average molecular weight is 400 g/mol. The van der Waals surface area contributed by atoms with Crippen LogP contribution >= 0.6 is 0 Å². The van der Waals surface area contributed by atoms with Gasteiger partial charge < -0.3 is 5.73 Å². The second-order valence-electron chi connectivity index (χ2n) is 9.30. The van der Waals surface area contributed by atoms with Gasteiger partial charge in [0.25, 0.3) is 0 Å². The summed E-state index contributed by atoms with van der Waals surface area (Å²) in [6, 6.07) is 11.4. The summed E-state index contributed by atoms with van der Waals surface area (Å²) in [5, 5.41) is 0. The summed E-state index contributed by atoms with van der Waals surface area (Å²) < 4.78 is 32.4. The van der Waals surface area contributed by atoms with Crippen LogP contribution in [0.15, 0.2) is 30.3 Å². The minimum absolute atomic E-state index is 0.250. The molecule has 2 bridgehead atoms. The summed E-state index contributed by atoms with van der Waals surface area (Å²) >= 11 is 0. The molecule has 1 amide bonds. The van der Waals surface area contributed by atoms with Crippen molar-refractivity contribution in [2.45, 2.75) is 78.3 Å². The van der Waals surface area contributed by atoms with Crippen LogP contribution in [0.5, 0.6) is 0 Å². The molecule has 2 aliphatic rings. The van der Waals surface area contributed by atoms with Gasteiger partial charge in [0.05, 0.1) is 0 Å². The number of halogens is 3. The van der Waals surface area contributed by atoms with Gasteiger partial charge in [-0.15, -0.1) is 0 Å². The van der Waals surface area contributed by atoms with Crippen LogP contribution in [0.2, 0.25) is 0 Å². The molecule has 0 aromatic heterocycles. The fraction of sp³-hybridized carbons (Fsp3) is 0.696. The zero-order valence-electron chi connectivity index (χ0n) is 17.9. The number of hydrogen-bond donors (Lipinski definition) is 1. The zero-order valence-corrected chi connectivity index (χ0v) is 17.9. The van der Waals surface area contributed by atoms with E-state index >= 15 is 0 Å². The van der Waals surface area contributed by atoms with Crippen LogP contribution in [0, 0.1) is 23.2 Å². The lowest BCUT2D eigenvalue weighted by Crippen LogP contribution is -2.48. The lowest BCUT2D eigenvalue weighted by Gasteiger charge is -2.56. The maximum atomic E-state index is 10.8. The van der Waals surface area contributed by atoms with Crippen molar-refractivity contribution < 1.29 is 18.0 Å². The maximum Gasteiger partial charge on any atom is 0.388 e. The van der Waals surface area contributed by atoms with Gasteiger partial charge in [0.2, 0.25) is 6.41 Å². The summed E-state index contributed by atoms with van der Waals surface area (Å²) in [5.41, 5.74) is 6.73. The Bertz CT molecular complexity index is 596. The molecule has 0 saturated heterocycles. The molecule has 2 N–H and O–H groups in total. The fourth-order valence-electron chi connectivity index (χ4n) is 5.27. The number of carbonyl (C=O) groups is 1. The van der Waals surface area contributed by atoms with Crippen LogP contribution in [-0.4, -0.2) is 12.6 Å². The Labute approximate surface area is 168 Å². The summed E-state index contributed by atoms with van der Waals surface area (Å²) in [6.07, 6.45) is 1.17. The molecule has 5 heteroatoms. The van der Waals surface area contributed by atoms with Crippen molar-refractivity contribution in [1.82, 2.24) is 0 Å². The number of carbonyl (C=O) groups excluding carboxylic acids is 1. The third-order valence-corrected chi connectivity index (χ3v) is 6.43. The van der Waals surface area contributed by atoms with E-state index in [2.05, 4.69) is 63.8 Å². The van der Waals surface area contributed by atoms with E-state index in [0.29, 0.717) is 10.8 Å². The van der Waals surface area contributed by atoms with Crippen molar-refractivity contribution in [1.29, 1.82) is 0 Å². The molecule has 160 valence electrons. The summed E-state index contributed by atoms with van der Waals surface area (Å²) in [5.74, 6) is 2.69. The van der Waals surface area contributed by atoms with E-state index in [1.165, 1.54) is 25.7 Å². The van der Waals surface area contributed by atoms with Crippen LogP contribution < -0.4 is 5.73 Å². The van der Waals surface area contributed by atoms with Gasteiger partial charge in [-0.2, -0.15) is 13.2 Å². The molecule has 3 rings (SSSR count). The Kier molecular flexibility index (Phi) is 8.58. The first-order valence-electron chi connectivity index (χ1n) is 10.2. The predicted molar refractivity (Wildman–Crippen MR) is 109 cm³/mol. The SMILES string of the molecule is CC1CC2(c3ccccc3)CC(CC(C)(C)C2)C1C.CCC(F)(F)F.NC=O. The summed E-state index contributed by atoms with van der Waals surface area (Å²) in [7, 11) is 0. The molecule has 0 heterocycles. The molecular formula is C23H36F3NO. The number of rotatable bonds is 1. The van der Waals surface area contributed by atoms with Crippen LogP contribution in [0.1, 0.15) is 72.3 Å². The fourth-order valence-corrected chi connectivity index (χ4v) is 5.27. The van der Waals surface area contributed by atoms with Crippen LogP contribution in [0.25, 0.3) is 0 Å². The molecule has 2 fully saturated rings. The standard InChI is InChI=1S/C19H28.C3H5F3.CH3NO/c1-14-10-19(17-8-6-5-7-9-17)12-16(15(14)2)11-18(3,4)13-19;1-2-3(4,5)6;2-1-3/h5-9,14-16H,10-13H2,1-4H3;2H2,1H3;1H,(H2,2,3). The smallest absolute Gasteiger partial charge is 0.372 e. The maximum absolute atomic E-state index is 10.8. The topological polar surface area (TPSA) is 43.1 Å². The van der Waals surface area contributed by atoms with Crippen molar-refractivity contribution >= 4 is 6.41 Å². The van der Waals surface area contributed by atoms with Crippen LogP contribution in [0.4, 0.5) is 13.2 Å². The second-order valence-corrected chi connectivity index (χ2v) is 9.30. The van der Waals surface area contributed by atoms with Crippen LogP contribution in [-0.2, 0) is 10.2 Å². The molecule has 28 heavy (non-hydrogen) atoms. The highest BCUT2D eigenvalue weighted by Gasteiger charge is 2.51. The number of nitrogens with two attached hydrogens (primary N) is 1. The predicted octanol–water partition coefficient (Wildman–Crippen LogP) is 6.49. The largest absolute Gasteiger partial charge is 0.388 e. The Morgan fingerprint density at radius 1 is 1.11 bits per heavy atom. The summed E-state index contributed by atoms with van der Waals surface area (Å²) in [6.45, 7) is 11.0. The molecule has 2 saturated carbocycles. The number of hydrogen-bond acceptors (Lipinski definition) is 1. The van der Waals surface area contributed by atoms with Gasteiger partial charge in [0.1, 0.15) is 0 Å². The minimum atomic E-state index is -3.96. The van der Waals surface area contributed by atoms with E-state index in [1.54, 1.807) is 5.56 Å². The number of fused-ring (bicyclic) bond motifs is 2. The zero-order chi connectivity index (χ0) is 21.6. The van der Waals surface area contributed by atoms with E-state index < -0.39 is 12.6 Å². The van der Waals surface area contributed by atoms with Crippen molar-refractivity contribution in [3.05, 3.63) is 35.9 Å². The lowest BCUT2D eigenvalue weighted by atomic mass is 9.48. The Hall–Kier alpha value is -1.52.